The normalized spacial score (nSPS) is 11.1. The summed E-state index contributed by atoms with van der Waals surface area (Å²) in [7, 11) is 0. The van der Waals surface area contributed by atoms with Crippen molar-refractivity contribution < 1.29 is 9.59 Å². The van der Waals surface area contributed by atoms with Crippen LogP contribution in [0.4, 0.5) is 5.69 Å². The number of carbonyl (C=O) groups is 2. The molecule has 0 heterocycles. The first-order chi connectivity index (χ1) is 15.0. The minimum Gasteiger partial charge on any atom is -0.342 e. The summed E-state index contributed by atoms with van der Waals surface area (Å²) < 4.78 is 0. The maximum atomic E-state index is 12.8. The van der Waals surface area contributed by atoms with E-state index in [-0.39, 0.29) is 11.8 Å². The van der Waals surface area contributed by atoms with Gasteiger partial charge in [-0.1, -0.05) is 72.4 Å². The maximum Gasteiger partial charge on any atom is 0.279 e. The predicted molar refractivity (Wildman–Crippen MR) is 128 cm³/mol. The van der Waals surface area contributed by atoms with Gasteiger partial charge in [0.15, 0.2) is 5.17 Å². The van der Waals surface area contributed by atoms with Gasteiger partial charge in [-0.15, -0.1) is 0 Å². The van der Waals surface area contributed by atoms with Crippen LogP contribution in [0.25, 0.3) is 0 Å². The van der Waals surface area contributed by atoms with Crippen molar-refractivity contribution in [1.82, 2.24) is 4.90 Å². The molecule has 0 aliphatic rings. The maximum absolute atomic E-state index is 12.8. The molecule has 0 aromatic heterocycles. The summed E-state index contributed by atoms with van der Waals surface area (Å²) in [4.78, 5) is 30.6. The van der Waals surface area contributed by atoms with Crippen LogP contribution in [0.2, 0.25) is 0 Å². The molecule has 3 aromatic rings. The van der Waals surface area contributed by atoms with E-state index in [4.69, 9.17) is 0 Å². The Hall–Kier alpha value is -3.38. The Kier molecular flexibility index (Phi) is 8.01. The highest BCUT2D eigenvalue weighted by Crippen LogP contribution is 2.17. The molecule has 0 aliphatic carbocycles. The number of thioether (sulfide) groups is 1. The highest BCUT2D eigenvalue weighted by Gasteiger charge is 2.15. The lowest BCUT2D eigenvalue weighted by Crippen LogP contribution is -2.28. The lowest BCUT2D eigenvalue weighted by Gasteiger charge is -2.25. The smallest absolute Gasteiger partial charge is 0.279 e. The van der Waals surface area contributed by atoms with Crippen molar-refractivity contribution in [2.75, 3.05) is 11.6 Å². The van der Waals surface area contributed by atoms with E-state index in [9.17, 15) is 9.59 Å². The first-order valence-corrected chi connectivity index (χ1v) is 11.1. The number of hydrogen-bond donors (Lipinski definition) is 1. The molecule has 0 spiro atoms. The summed E-state index contributed by atoms with van der Waals surface area (Å²) in [6.07, 6.45) is 1.93. The Balaban J connectivity index is 1.84. The van der Waals surface area contributed by atoms with E-state index < -0.39 is 0 Å². The van der Waals surface area contributed by atoms with Gasteiger partial charge in [-0.25, -0.2) is 0 Å². The zero-order chi connectivity index (χ0) is 22.1. The van der Waals surface area contributed by atoms with Crippen LogP contribution < -0.4 is 5.32 Å². The quantitative estimate of drug-likeness (QED) is 0.430. The molecule has 0 radical (unpaired) electrons. The lowest BCUT2D eigenvalue weighted by atomic mass is 10.2. The lowest BCUT2D eigenvalue weighted by molar-refractivity contribution is -0.114. The van der Waals surface area contributed by atoms with Crippen LogP contribution in [-0.4, -0.2) is 28.1 Å². The van der Waals surface area contributed by atoms with Gasteiger partial charge in [-0.2, -0.15) is 4.99 Å². The molecule has 0 atom stereocenters. The zero-order valence-corrected chi connectivity index (χ0v) is 18.4. The minimum absolute atomic E-state index is 0.153. The van der Waals surface area contributed by atoms with Crippen molar-refractivity contribution in [2.24, 2.45) is 4.99 Å². The summed E-state index contributed by atoms with van der Waals surface area (Å²) in [6, 6.07) is 27.0. The van der Waals surface area contributed by atoms with Crippen LogP contribution in [0.5, 0.6) is 0 Å². The van der Waals surface area contributed by atoms with E-state index in [0.29, 0.717) is 29.5 Å². The first-order valence-electron chi connectivity index (χ1n) is 9.92. The van der Waals surface area contributed by atoms with Crippen molar-refractivity contribution in [1.29, 1.82) is 0 Å². The van der Waals surface area contributed by atoms with Crippen LogP contribution in [0, 0.1) is 0 Å². The number of anilines is 1. The number of amidine groups is 1. The van der Waals surface area contributed by atoms with Gasteiger partial charge >= 0.3 is 0 Å². The average Bonchev–Trinajstić information content (AvgIpc) is 2.78. The van der Waals surface area contributed by atoms with Crippen molar-refractivity contribution in [3.05, 3.63) is 102 Å². The molecule has 0 saturated heterocycles. The number of benzene rings is 3. The van der Waals surface area contributed by atoms with Crippen molar-refractivity contribution in [3.8, 4) is 0 Å². The van der Waals surface area contributed by atoms with Crippen molar-refractivity contribution in [2.45, 2.75) is 20.0 Å². The molecule has 31 heavy (non-hydrogen) atoms. The minimum atomic E-state index is -0.315. The molecule has 0 saturated carbocycles. The third-order valence-electron chi connectivity index (χ3n) is 4.54. The van der Waals surface area contributed by atoms with Gasteiger partial charge < -0.3 is 10.2 Å². The van der Waals surface area contributed by atoms with Gasteiger partial charge in [0.1, 0.15) is 0 Å². The predicted octanol–water partition coefficient (Wildman–Crippen LogP) is 5.21. The van der Waals surface area contributed by atoms with E-state index in [1.165, 1.54) is 18.7 Å². The largest absolute Gasteiger partial charge is 0.342 e. The van der Waals surface area contributed by atoms with E-state index >= 15 is 0 Å². The average molecular weight is 432 g/mol. The van der Waals surface area contributed by atoms with Crippen molar-refractivity contribution >= 4 is 34.4 Å². The van der Waals surface area contributed by atoms with E-state index in [2.05, 4.69) is 39.5 Å². The van der Waals surface area contributed by atoms with Crippen LogP contribution in [0.3, 0.4) is 0 Å². The summed E-state index contributed by atoms with van der Waals surface area (Å²) in [6.45, 7) is 2.73. The number of carbonyl (C=O) groups excluding carboxylic acids is 2. The third-order valence-corrected chi connectivity index (χ3v) is 5.25. The van der Waals surface area contributed by atoms with Gasteiger partial charge in [0.25, 0.3) is 5.91 Å². The monoisotopic (exact) mass is 431 g/mol. The fourth-order valence-electron chi connectivity index (χ4n) is 3.10. The topological polar surface area (TPSA) is 61.8 Å². The SMILES string of the molecule is CSC(=NC(=O)c1ccc(NC(C)=O)cc1)N(Cc1ccccc1)Cc1ccccc1. The Labute approximate surface area is 187 Å². The molecule has 3 rings (SSSR count). The summed E-state index contributed by atoms with van der Waals surface area (Å²) in [5, 5.41) is 3.35. The Morgan fingerprint density at radius 2 is 1.35 bits per heavy atom. The van der Waals surface area contributed by atoms with Crippen LogP contribution in [0.1, 0.15) is 28.4 Å². The fraction of sp³-hybridized carbons (Fsp3) is 0.160. The van der Waals surface area contributed by atoms with Gasteiger partial charge in [0.05, 0.1) is 0 Å². The molecule has 2 amide bonds. The second-order valence-corrected chi connectivity index (χ2v) is 7.76. The molecule has 0 fully saturated rings. The molecule has 0 aliphatic heterocycles. The number of nitrogens with zero attached hydrogens (tertiary/aromatic N) is 2. The molecular formula is C25H25N3O2S. The molecular weight excluding hydrogens is 406 g/mol. The third kappa shape index (κ3) is 6.83. The number of amides is 2. The number of aliphatic imine (C=N–C) groups is 1. The molecule has 1 N–H and O–H groups in total. The summed E-state index contributed by atoms with van der Waals surface area (Å²) in [5.41, 5.74) is 3.41. The molecule has 0 bridgehead atoms. The Morgan fingerprint density at radius 3 is 1.81 bits per heavy atom. The van der Waals surface area contributed by atoms with Crippen LogP contribution in [0.15, 0.2) is 89.9 Å². The van der Waals surface area contributed by atoms with Gasteiger partial charge in [0.2, 0.25) is 5.91 Å². The van der Waals surface area contributed by atoms with E-state index in [1.807, 2.05) is 42.7 Å². The highest BCUT2D eigenvalue weighted by atomic mass is 32.2. The molecule has 5 nitrogen and oxygen atoms in total. The van der Waals surface area contributed by atoms with E-state index in [0.717, 1.165) is 11.1 Å². The standard InChI is InChI=1S/C25H25N3O2S/c1-19(29)26-23-15-13-22(14-16-23)24(30)27-25(31-2)28(17-20-9-5-3-6-10-20)18-21-11-7-4-8-12-21/h3-16H,17-18H2,1-2H3,(H,26,29). The molecule has 0 unspecified atom stereocenters. The van der Waals surface area contributed by atoms with Gasteiger partial charge in [-0.05, 0) is 41.6 Å². The summed E-state index contributed by atoms with van der Waals surface area (Å²) in [5.74, 6) is -0.468. The van der Waals surface area contributed by atoms with Gasteiger partial charge in [0, 0.05) is 31.3 Å². The second kappa shape index (κ2) is 11.1. The number of rotatable bonds is 6. The molecule has 158 valence electrons. The number of hydrogen-bond acceptors (Lipinski definition) is 3. The van der Waals surface area contributed by atoms with Crippen molar-refractivity contribution in [3.63, 3.8) is 0 Å². The Morgan fingerprint density at radius 1 is 0.839 bits per heavy atom. The fourth-order valence-corrected chi connectivity index (χ4v) is 3.66. The number of nitrogens with one attached hydrogen (secondary N) is 1. The van der Waals surface area contributed by atoms with E-state index in [1.54, 1.807) is 24.3 Å². The highest BCUT2D eigenvalue weighted by molar-refractivity contribution is 8.13. The first kappa shape index (κ1) is 22.3. The van der Waals surface area contributed by atoms with Crippen LogP contribution in [-0.2, 0) is 17.9 Å². The second-order valence-electron chi connectivity index (χ2n) is 6.99. The summed E-state index contributed by atoms with van der Waals surface area (Å²) >= 11 is 1.45. The zero-order valence-electron chi connectivity index (χ0n) is 17.6. The Bertz CT molecular complexity index is 994. The molecule has 3 aromatic carbocycles. The van der Waals surface area contributed by atoms with Crippen LogP contribution >= 0.6 is 11.8 Å². The van der Waals surface area contributed by atoms with Gasteiger partial charge in [-0.3, -0.25) is 9.59 Å². The molecule has 6 heteroatoms.